The second-order valence-corrected chi connectivity index (χ2v) is 5.57. The summed E-state index contributed by atoms with van der Waals surface area (Å²) in [6.07, 6.45) is 1.10. The summed E-state index contributed by atoms with van der Waals surface area (Å²) in [6.45, 7) is 5.15. The molecule has 0 atom stereocenters. The first kappa shape index (κ1) is 12.3. The molecule has 0 saturated heterocycles. The molecule has 0 aliphatic heterocycles. The van der Waals surface area contributed by atoms with Crippen molar-refractivity contribution in [3.8, 4) is 10.6 Å². The molecule has 4 nitrogen and oxygen atoms in total. The van der Waals surface area contributed by atoms with E-state index in [1.165, 1.54) is 11.5 Å². The lowest BCUT2D eigenvalue weighted by molar-refractivity contribution is 0.860. The van der Waals surface area contributed by atoms with Crippen molar-refractivity contribution in [3.63, 3.8) is 0 Å². The second kappa shape index (κ2) is 5.01. The van der Waals surface area contributed by atoms with Gasteiger partial charge >= 0.3 is 0 Å². The molecule has 0 saturated carbocycles. The van der Waals surface area contributed by atoms with Crippen LogP contribution in [0.5, 0.6) is 0 Å². The van der Waals surface area contributed by atoms with E-state index in [1.807, 2.05) is 12.3 Å². The van der Waals surface area contributed by atoms with Gasteiger partial charge in [-0.25, -0.2) is 4.98 Å². The zero-order chi connectivity index (χ0) is 12.4. The maximum absolute atomic E-state index is 5.96. The lowest BCUT2D eigenvalue weighted by Crippen LogP contribution is -2.17. The molecule has 0 aliphatic rings. The predicted octanol–water partition coefficient (Wildman–Crippen LogP) is 3.00. The largest absolute Gasteiger partial charge is 0.382 e. The standard InChI is InChI=1S/C11H16N4S2/c1-4-5-15(3)11-8(9(12)14-17-11)10-13-7(2)6-16-10/h6H,4-5H2,1-3H3,(H2,12,14). The monoisotopic (exact) mass is 268 g/mol. The van der Waals surface area contributed by atoms with E-state index in [0.29, 0.717) is 5.82 Å². The SMILES string of the molecule is CCCN(C)c1snc(N)c1-c1nc(C)cs1. The first-order chi connectivity index (χ1) is 8.13. The first-order valence-electron chi connectivity index (χ1n) is 5.52. The number of aryl methyl sites for hydroxylation is 1. The van der Waals surface area contributed by atoms with Crippen LogP contribution in [0, 0.1) is 6.92 Å². The van der Waals surface area contributed by atoms with E-state index in [4.69, 9.17) is 5.73 Å². The van der Waals surface area contributed by atoms with Crippen LogP contribution in [-0.2, 0) is 0 Å². The van der Waals surface area contributed by atoms with Gasteiger partial charge in [0.15, 0.2) is 0 Å². The highest BCUT2D eigenvalue weighted by atomic mass is 32.1. The Hall–Kier alpha value is -1.14. The third kappa shape index (κ3) is 2.42. The molecule has 0 unspecified atom stereocenters. The minimum Gasteiger partial charge on any atom is -0.382 e. The highest BCUT2D eigenvalue weighted by Gasteiger charge is 2.18. The molecular formula is C11H16N4S2. The molecule has 0 aromatic carbocycles. The normalized spacial score (nSPS) is 10.8. The smallest absolute Gasteiger partial charge is 0.149 e. The van der Waals surface area contributed by atoms with Gasteiger partial charge in [-0.05, 0) is 24.9 Å². The van der Waals surface area contributed by atoms with Gasteiger partial charge in [-0.1, -0.05) is 6.92 Å². The number of nitrogen functional groups attached to an aromatic ring is 1. The Kier molecular flexibility index (Phi) is 3.63. The molecule has 0 amide bonds. The van der Waals surface area contributed by atoms with Crippen LogP contribution in [0.15, 0.2) is 5.38 Å². The highest BCUT2D eigenvalue weighted by molar-refractivity contribution is 7.15. The van der Waals surface area contributed by atoms with E-state index < -0.39 is 0 Å². The van der Waals surface area contributed by atoms with Crippen LogP contribution in [-0.4, -0.2) is 22.9 Å². The molecule has 2 rings (SSSR count). The molecule has 0 radical (unpaired) electrons. The number of nitrogens with zero attached hydrogens (tertiary/aromatic N) is 3. The van der Waals surface area contributed by atoms with Gasteiger partial charge in [0.25, 0.3) is 0 Å². The molecule has 0 bridgehead atoms. The van der Waals surface area contributed by atoms with Crippen molar-refractivity contribution in [2.24, 2.45) is 0 Å². The molecule has 0 aliphatic carbocycles. The Bertz CT molecular complexity index is 503. The van der Waals surface area contributed by atoms with Crippen LogP contribution < -0.4 is 10.6 Å². The highest BCUT2D eigenvalue weighted by Crippen LogP contribution is 2.40. The van der Waals surface area contributed by atoms with E-state index in [2.05, 4.69) is 28.2 Å². The third-order valence-electron chi connectivity index (χ3n) is 2.44. The van der Waals surface area contributed by atoms with Crippen LogP contribution in [0.2, 0.25) is 0 Å². The molecule has 0 spiro atoms. The molecule has 6 heteroatoms. The van der Waals surface area contributed by atoms with E-state index in [-0.39, 0.29) is 0 Å². The minimum absolute atomic E-state index is 0.585. The summed E-state index contributed by atoms with van der Waals surface area (Å²) in [6, 6.07) is 0. The summed E-state index contributed by atoms with van der Waals surface area (Å²) in [5.74, 6) is 0.585. The van der Waals surface area contributed by atoms with Crippen LogP contribution in [0.3, 0.4) is 0 Å². The fourth-order valence-electron chi connectivity index (χ4n) is 1.66. The zero-order valence-electron chi connectivity index (χ0n) is 10.2. The van der Waals surface area contributed by atoms with E-state index in [9.17, 15) is 0 Å². The predicted molar refractivity (Wildman–Crippen MR) is 75.9 cm³/mol. The summed E-state index contributed by atoms with van der Waals surface area (Å²) in [5, 5.41) is 4.11. The average Bonchev–Trinajstić information content (AvgIpc) is 2.85. The fourth-order valence-corrected chi connectivity index (χ4v) is 3.38. The van der Waals surface area contributed by atoms with Crippen molar-refractivity contribution in [2.45, 2.75) is 20.3 Å². The molecule has 0 fully saturated rings. The molecule has 92 valence electrons. The van der Waals surface area contributed by atoms with Crippen molar-refractivity contribution in [1.29, 1.82) is 0 Å². The summed E-state index contributed by atoms with van der Waals surface area (Å²) in [4.78, 5) is 6.69. The van der Waals surface area contributed by atoms with Gasteiger partial charge in [-0.3, -0.25) is 0 Å². The van der Waals surface area contributed by atoms with E-state index in [0.717, 1.165) is 34.2 Å². The van der Waals surface area contributed by atoms with Crippen molar-refractivity contribution < 1.29 is 0 Å². The molecule has 17 heavy (non-hydrogen) atoms. The average molecular weight is 268 g/mol. The number of hydrogen-bond acceptors (Lipinski definition) is 6. The van der Waals surface area contributed by atoms with Crippen LogP contribution >= 0.6 is 22.9 Å². The quantitative estimate of drug-likeness (QED) is 0.926. The summed E-state index contributed by atoms with van der Waals surface area (Å²) >= 11 is 3.07. The van der Waals surface area contributed by atoms with Gasteiger partial charge in [0.05, 0.1) is 5.56 Å². The summed E-state index contributed by atoms with van der Waals surface area (Å²) in [7, 11) is 2.07. The molecule has 2 heterocycles. The maximum Gasteiger partial charge on any atom is 0.149 e. The number of thiazole rings is 1. The zero-order valence-corrected chi connectivity index (χ0v) is 11.9. The Balaban J connectivity index is 2.42. The van der Waals surface area contributed by atoms with Gasteiger partial charge in [-0.2, -0.15) is 4.37 Å². The van der Waals surface area contributed by atoms with Crippen molar-refractivity contribution in [2.75, 3.05) is 24.2 Å². The number of hydrogen-bond donors (Lipinski definition) is 1. The van der Waals surface area contributed by atoms with Crippen molar-refractivity contribution >= 4 is 33.7 Å². The molecule has 2 aromatic rings. The van der Waals surface area contributed by atoms with Gasteiger partial charge in [-0.15, -0.1) is 11.3 Å². The van der Waals surface area contributed by atoms with Gasteiger partial charge in [0, 0.05) is 24.7 Å². The fraction of sp³-hybridized carbons (Fsp3) is 0.455. The number of aromatic nitrogens is 2. The summed E-state index contributed by atoms with van der Waals surface area (Å²) in [5.41, 5.74) is 7.97. The first-order valence-corrected chi connectivity index (χ1v) is 7.17. The lowest BCUT2D eigenvalue weighted by Gasteiger charge is -2.16. The van der Waals surface area contributed by atoms with E-state index >= 15 is 0 Å². The Morgan fingerprint density at radius 2 is 2.24 bits per heavy atom. The van der Waals surface area contributed by atoms with E-state index in [1.54, 1.807) is 11.3 Å². The molecule has 2 N–H and O–H groups in total. The lowest BCUT2D eigenvalue weighted by atomic mass is 10.3. The Morgan fingerprint density at radius 3 is 2.82 bits per heavy atom. The molecule has 2 aromatic heterocycles. The number of nitrogens with two attached hydrogens (primary N) is 1. The van der Waals surface area contributed by atoms with Crippen LogP contribution in [0.1, 0.15) is 19.0 Å². The Labute approximate surface area is 109 Å². The third-order valence-corrected chi connectivity index (χ3v) is 4.39. The Morgan fingerprint density at radius 1 is 1.47 bits per heavy atom. The van der Waals surface area contributed by atoms with Gasteiger partial charge < -0.3 is 10.6 Å². The number of rotatable bonds is 4. The van der Waals surface area contributed by atoms with Gasteiger partial charge in [0.1, 0.15) is 15.8 Å². The van der Waals surface area contributed by atoms with Crippen molar-refractivity contribution in [1.82, 2.24) is 9.36 Å². The summed E-state index contributed by atoms with van der Waals surface area (Å²) < 4.78 is 4.25. The number of anilines is 2. The van der Waals surface area contributed by atoms with Crippen LogP contribution in [0.25, 0.3) is 10.6 Å². The minimum atomic E-state index is 0.585. The maximum atomic E-state index is 5.96. The second-order valence-electron chi connectivity index (χ2n) is 3.96. The molecular weight excluding hydrogens is 252 g/mol. The topological polar surface area (TPSA) is 55.0 Å². The van der Waals surface area contributed by atoms with Gasteiger partial charge in [0.2, 0.25) is 0 Å². The van der Waals surface area contributed by atoms with Crippen LogP contribution in [0.4, 0.5) is 10.8 Å². The van der Waals surface area contributed by atoms with Crippen molar-refractivity contribution in [3.05, 3.63) is 11.1 Å².